The minimum absolute atomic E-state index is 0.0464. The summed E-state index contributed by atoms with van der Waals surface area (Å²) in [6.45, 7) is 2.23. The molecule has 0 bridgehead atoms. The topological polar surface area (TPSA) is 60.9 Å². The van der Waals surface area contributed by atoms with Crippen LogP contribution in [0.3, 0.4) is 0 Å². The minimum Gasteiger partial charge on any atom is -0.478 e. The summed E-state index contributed by atoms with van der Waals surface area (Å²) in [5.41, 5.74) is 0.338. The highest BCUT2D eigenvalue weighted by atomic mass is 19.1. The van der Waals surface area contributed by atoms with Crippen molar-refractivity contribution in [2.24, 2.45) is 0 Å². The molecule has 108 valence electrons. The molecule has 1 aromatic carbocycles. The smallest absolute Gasteiger partial charge is 0.338 e. The monoisotopic (exact) mass is 280 g/mol. The van der Waals surface area contributed by atoms with E-state index in [9.17, 15) is 14.0 Å². The largest absolute Gasteiger partial charge is 0.478 e. The van der Waals surface area contributed by atoms with Crippen LogP contribution in [-0.4, -0.2) is 53.5 Å². The molecule has 2 rings (SSSR count). The normalized spacial score (nSPS) is 17.1. The van der Waals surface area contributed by atoms with Crippen LogP contribution in [0.4, 0.5) is 4.39 Å². The maximum Gasteiger partial charge on any atom is 0.338 e. The van der Waals surface area contributed by atoms with Crippen molar-refractivity contribution in [1.82, 2.24) is 9.80 Å². The van der Waals surface area contributed by atoms with Crippen LogP contribution < -0.4 is 0 Å². The van der Waals surface area contributed by atoms with Gasteiger partial charge in [0, 0.05) is 26.7 Å². The number of carbonyl (C=O) groups excluding carboxylic acids is 1. The number of carboxylic acid groups (broad SMARTS) is 1. The van der Waals surface area contributed by atoms with Crippen molar-refractivity contribution in [3.8, 4) is 0 Å². The lowest BCUT2D eigenvalue weighted by Gasteiger charge is -2.19. The minimum atomic E-state index is -1.28. The van der Waals surface area contributed by atoms with Crippen molar-refractivity contribution in [3.05, 3.63) is 35.1 Å². The summed E-state index contributed by atoms with van der Waals surface area (Å²) in [5, 5.41) is 8.78. The molecular formula is C14H17FN2O3. The zero-order valence-corrected chi connectivity index (χ0v) is 11.3. The zero-order chi connectivity index (χ0) is 14.7. The van der Waals surface area contributed by atoms with E-state index in [0.29, 0.717) is 18.7 Å². The van der Waals surface area contributed by atoms with E-state index in [1.54, 1.807) is 18.0 Å². The van der Waals surface area contributed by atoms with E-state index < -0.39 is 11.8 Å². The van der Waals surface area contributed by atoms with Crippen molar-refractivity contribution < 1.29 is 19.1 Å². The predicted molar refractivity (Wildman–Crippen MR) is 70.9 cm³/mol. The maximum atomic E-state index is 13.6. The first-order valence-corrected chi connectivity index (χ1v) is 6.45. The summed E-state index contributed by atoms with van der Waals surface area (Å²) in [4.78, 5) is 26.1. The van der Waals surface area contributed by atoms with Crippen molar-refractivity contribution in [1.29, 1.82) is 0 Å². The molecule has 0 unspecified atom stereocenters. The van der Waals surface area contributed by atoms with Crippen LogP contribution in [0.15, 0.2) is 18.2 Å². The molecule has 1 saturated heterocycles. The van der Waals surface area contributed by atoms with Crippen LogP contribution in [0.1, 0.15) is 22.3 Å². The highest BCUT2D eigenvalue weighted by Gasteiger charge is 2.19. The van der Waals surface area contributed by atoms with Gasteiger partial charge in [0.1, 0.15) is 5.82 Å². The van der Waals surface area contributed by atoms with Crippen LogP contribution in [0.5, 0.6) is 0 Å². The average molecular weight is 280 g/mol. The van der Waals surface area contributed by atoms with Gasteiger partial charge in [-0.2, -0.15) is 0 Å². The second-order valence-electron chi connectivity index (χ2n) is 5.00. The van der Waals surface area contributed by atoms with Gasteiger partial charge in [-0.25, -0.2) is 9.18 Å². The Morgan fingerprint density at radius 1 is 1.40 bits per heavy atom. The number of carbonyl (C=O) groups is 2. The Kier molecular flexibility index (Phi) is 4.34. The molecule has 1 fully saturated rings. The van der Waals surface area contributed by atoms with Gasteiger partial charge in [0.15, 0.2) is 0 Å². The number of aromatic carboxylic acids is 1. The third kappa shape index (κ3) is 3.33. The van der Waals surface area contributed by atoms with Crippen molar-refractivity contribution in [3.63, 3.8) is 0 Å². The van der Waals surface area contributed by atoms with Gasteiger partial charge in [-0.05, 0) is 24.1 Å². The predicted octanol–water partition coefficient (Wildman–Crippen LogP) is 1.19. The molecule has 0 radical (unpaired) electrons. The van der Waals surface area contributed by atoms with Crippen molar-refractivity contribution in [2.45, 2.75) is 13.0 Å². The quantitative estimate of drug-likeness (QED) is 0.903. The summed E-state index contributed by atoms with van der Waals surface area (Å²) >= 11 is 0. The lowest BCUT2D eigenvalue weighted by atomic mass is 10.1. The molecule has 1 aliphatic heterocycles. The van der Waals surface area contributed by atoms with E-state index in [2.05, 4.69) is 0 Å². The highest BCUT2D eigenvalue weighted by molar-refractivity contribution is 5.87. The van der Waals surface area contributed by atoms with E-state index >= 15 is 0 Å². The van der Waals surface area contributed by atoms with Gasteiger partial charge in [0.2, 0.25) is 5.91 Å². The molecule has 0 aromatic heterocycles. The Morgan fingerprint density at radius 2 is 2.15 bits per heavy atom. The molecule has 0 saturated carbocycles. The van der Waals surface area contributed by atoms with Gasteiger partial charge in [-0.3, -0.25) is 9.69 Å². The number of halogens is 1. The van der Waals surface area contributed by atoms with Gasteiger partial charge in [0.25, 0.3) is 0 Å². The lowest BCUT2D eigenvalue weighted by molar-refractivity contribution is -0.130. The number of hydrogen-bond acceptors (Lipinski definition) is 3. The fourth-order valence-electron chi connectivity index (χ4n) is 2.27. The molecule has 1 aliphatic rings. The van der Waals surface area contributed by atoms with Gasteiger partial charge in [-0.1, -0.05) is 6.07 Å². The second-order valence-corrected chi connectivity index (χ2v) is 5.00. The Labute approximate surface area is 116 Å². The third-order valence-corrected chi connectivity index (χ3v) is 3.42. The number of benzene rings is 1. The summed E-state index contributed by atoms with van der Waals surface area (Å²) in [6, 6.07) is 4.08. The summed E-state index contributed by atoms with van der Waals surface area (Å²) in [6.07, 6.45) is 0.873. The molecule has 0 spiro atoms. The number of rotatable bonds is 3. The Balaban J connectivity index is 2.08. The number of nitrogens with zero attached hydrogens (tertiary/aromatic N) is 2. The zero-order valence-electron chi connectivity index (χ0n) is 11.3. The summed E-state index contributed by atoms with van der Waals surface area (Å²) in [5.74, 6) is -1.97. The Hall–Kier alpha value is -1.95. The van der Waals surface area contributed by atoms with Crippen molar-refractivity contribution >= 4 is 11.9 Å². The Morgan fingerprint density at radius 3 is 2.80 bits per heavy atom. The van der Waals surface area contributed by atoms with Crippen LogP contribution in [0.25, 0.3) is 0 Å². The average Bonchev–Trinajstić information content (AvgIpc) is 2.51. The highest BCUT2D eigenvalue weighted by Crippen LogP contribution is 2.14. The molecule has 6 heteroatoms. The van der Waals surface area contributed by atoms with Gasteiger partial charge in [-0.15, -0.1) is 0 Å². The van der Waals surface area contributed by atoms with Gasteiger partial charge >= 0.3 is 5.97 Å². The number of hydrogen-bond donors (Lipinski definition) is 1. The number of likely N-dealkylation sites (N-methyl/N-ethyl adjacent to an activating group) is 1. The number of amides is 1. The molecule has 1 heterocycles. The molecule has 5 nitrogen and oxygen atoms in total. The first-order chi connectivity index (χ1) is 9.47. The van der Waals surface area contributed by atoms with E-state index in [4.69, 9.17) is 5.11 Å². The number of carboxylic acids is 1. The van der Waals surface area contributed by atoms with Crippen LogP contribution in [0.2, 0.25) is 0 Å². The molecule has 1 amide bonds. The third-order valence-electron chi connectivity index (χ3n) is 3.42. The fourth-order valence-corrected chi connectivity index (χ4v) is 2.27. The molecule has 0 atom stereocenters. The van der Waals surface area contributed by atoms with Crippen LogP contribution in [0, 0.1) is 5.82 Å². The van der Waals surface area contributed by atoms with E-state index in [1.807, 2.05) is 4.90 Å². The van der Waals surface area contributed by atoms with Crippen LogP contribution in [-0.2, 0) is 11.3 Å². The maximum absolute atomic E-state index is 13.6. The molecule has 1 N–H and O–H groups in total. The van der Waals surface area contributed by atoms with E-state index in [-0.39, 0.29) is 11.5 Å². The SMILES string of the molecule is CN1CCCN(Cc2ccc(C(=O)O)c(F)c2)CC1=O. The second kappa shape index (κ2) is 6.00. The fraction of sp³-hybridized carbons (Fsp3) is 0.429. The molecule has 1 aromatic rings. The lowest BCUT2D eigenvalue weighted by Crippen LogP contribution is -2.34. The van der Waals surface area contributed by atoms with Crippen molar-refractivity contribution in [2.75, 3.05) is 26.7 Å². The van der Waals surface area contributed by atoms with Gasteiger partial charge < -0.3 is 10.0 Å². The molecule has 0 aliphatic carbocycles. The summed E-state index contributed by atoms with van der Waals surface area (Å²) < 4.78 is 13.6. The van der Waals surface area contributed by atoms with E-state index in [1.165, 1.54) is 12.1 Å². The molecular weight excluding hydrogens is 263 g/mol. The first kappa shape index (κ1) is 14.5. The molecule has 20 heavy (non-hydrogen) atoms. The standard InChI is InChI=1S/C14H17FN2O3/c1-16-5-2-6-17(9-13(16)18)8-10-3-4-11(14(19)20)12(15)7-10/h3-4,7H,2,5-6,8-9H2,1H3,(H,19,20). The van der Waals surface area contributed by atoms with E-state index in [0.717, 1.165) is 19.5 Å². The summed E-state index contributed by atoms with van der Waals surface area (Å²) in [7, 11) is 1.77. The van der Waals surface area contributed by atoms with Gasteiger partial charge in [0.05, 0.1) is 12.1 Å². The van der Waals surface area contributed by atoms with Crippen LogP contribution >= 0.6 is 0 Å². The Bertz CT molecular complexity index is 533. The first-order valence-electron chi connectivity index (χ1n) is 6.45.